The van der Waals surface area contributed by atoms with Crippen LogP contribution in [0.4, 0.5) is 0 Å². The molecule has 1 unspecified atom stereocenters. The molecular formula is C60H102O29. The monoisotopic (exact) mass is 1290 g/mol. The average molecular weight is 1290 g/mol. The molecule has 0 bridgehead atoms. The maximum absolute atomic E-state index is 12.8. The molecule has 516 valence electrons. The molecule has 0 aromatic carbocycles. The first-order valence-corrected chi connectivity index (χ1v) is 31.6. The van der Waals surface area contributed by atoms with Gasteiger partial charge in [-0.3, -0.25) is 0 Å². The van der Waals surface area contributed by atoms with Gasteiger partial charge in [-0.15, -0.1) is 0 Å². The van der Waals surface area contributed by atoms with Crippen LogP contribution in [0, 0.1) is 45.3 Å². The van der Waals surface area contributed by atoms with Crippen LogP contribution in [0.25, 0.3) is 0 Å². The molecule has 9 aliphatic rings. The number of aliphatic hydroxyl groups excluding tert-OH is 18. The third kappa shape index (κ3) is 13.1. The van der Waals surface area contributed by atoms with E-state index in [1.54, 1.807) is 0 Å². The molecule has 0 radical (unpaired) electrons. The first-order chi connectivity index (χ1) is 41.6. The minimum absolute atomic E-state index is 0.0310. The van der Waals surface area contributed by atoms with E-state index in [0.29, 0.717) is 32.1 Å². The van der Waals surface area contributed by atoms with E-state index in [9.17, 15) is 97.0 Å². The van der Waals surface area contributed by atoms with E-state index in [1.165, 1.54) is 13.8 Å². The highest BCUT2D eigenvalue weighted by Gasteiger charge is 2.70. The van der Waals surface area contributed by atoms with Crippen LogP contribution in [0.15, 0.2) is 11.6 Å². The maximum Gasteiger partial charge on any atom is 0.187 e. The summed E-state index contributed by atoms with van der Waals surface area (Å²) in [6.07, 6.45) is -37.4. The largest absolute Gasteiger partial charge is 0.394 e. The second-order valence-electron chi connectivity index (χ2n) is 28.7. The zero-order valence-corrected chi connectivity index (χ0v) is 51.8. The first kappa shape index (κ1) is 71.9. The summed E-state index contributed by atoms with van der Waals surface area (Å²) in [4.78, 5) is 0. The highest BCUT2D eigenvalue weighted by Crippen LogP contribution is 2.75. The van der Waals surface area contributed by atoms with Gasteiger partial charge in [-0.2, -0.15) is 0 Å². The van der Waals surface area contributed by atoms with Gasteiger partial charge in [0.15, 0.2) is 31.5 Å². The van der Waals surface area contributed by atoms with E-state index in [4.69, 9.17) is 47.4 Å². The van der Waals surface area contributed by atoms with Crippen LogP contribution in [0.5, 0.6) is 0 Å². The van der Waals surface area contributed by atoms with Gasteiger partial charge in [0.05, 0.1) is 56.9 Å². The van der Waals surface area contributed by atoms with E-state index in [1.807, 2.05) is 13.8 Å². The molecule has 29 nitrogen and oxygen atoms in total. The molecule has 0 spiro atoms. The quantitative estimate of drug-likeness (QED) is 0.0506. The smallest absolute Gasteiger partial charge is 0.187 e. The van der Waals surface area contributed by atoms with Gasteiger partial charge in [0.25, 0.3) is 0 Å². The molecular weight excluding hydrogens is 1180 g/mol. The Morgan fingerprint density at radius 2 is 0.955 bits per heavy atom. The lowest BCUT2D eigenvalue weighted by molar-refractivity contribution is -0.380. The predicted molar refractivity (Wildman–Crippen MR) is 300 cm³/mol. The second-order valence-corrected chi connectivity index (χ2v) is 28.7. The zero-order valence-electron chi connectivity index (χ0n) is 51.8. The summed E-state index contributed by atoms with van der Waals surface area (Å²) >= 11 is 0. The first-order valence-electron chi connectivity index (χ1n) is 31.6. The van der Waals surface area contributed by atoms with E-state index >= 15 is 0 Å². The van der Waals surface area contributed by atoms with Crippen molar-refractivity contribution in [3.63, 3.8) is 0 Å². The van der Waals surface area contributed by atoms with Crippen molar-refractivity contribution in [1.29, 1.82) is 0 Å². The molecule has 0 amide bonds. The molecule has 5 heterocycles. The summed E-state index contributed by atoms with van der Waals surface area (Å²) < 4.78 is 59.3. The molecule has 0 aromatic rings. The number of fused-ring (bicyclic) bond motifs is 5. The van der Waals surface area contributed by atoms with Crippen molar-refractivity contribution < 1.29 is 144 Å². The highest BCUT2D eigenvalue weighted by atomic mass is 16.8. The van der Waals surface area contributed by atoms with Gasteiger partial charge in [-0.05, 0) is 99.7 Å². The lowest BCUT2D eigenvalue weighted by atomic mass is 9.38. The van der Waals surface area contributed by atoms with Crippen LogP contribution in [0.3, 0.4) is 0 Å². The van der Waals surface area contributed by atoms with E-state index in [2.05, 4.69) is 33.8 Å². The highest BCUT2D eigenvalue weighted by molar-refractivity contribution is 5.32. The van der Waals surface area contributed by atoms with Crippen molar-refractivity contribution in [2.75, 3.05) is 33.0 Å². The van der Waals surface area contributed by atoms with Crippen LogP contribution < -0.4 is 0 Å². The van der Waals surface area contributed by atoms with Crippen LogP contribution in [0.2, 0.25) is 0 Å². The molecule has 89 heavy (non-hydrogen) atoms. The SMILES string of the molecule is C[C@H](CC[C@@H](O[C@@H]1O[C@H](CO[C@@H]2O[C@H](CO)[C@@H](O)[C@H](O)[C@H]2O)[C@@H](O)[C@H](O)[C@H]1O[C@@H]1O[C@H](CO)[C@@H](O)[C@H](O)[C@H]1O)C(C)(C)O)[C@H]1CC[C@@]2(C)[C@@H]3CC=C4C(CC[C@H](O[C@@H]5O[C@H](CO[C@@H]6O[C@H](CO)[C@@H](O)[C@H](O)[C@H]6O)[C@@H](O)[C@H](O)[C@H]5O)C4(C)C)[C@]3(C)[C@H](O)C[C@]12C. The number of rotatable bonds is 20. The Balaban J connectivity index is 0.883. The Bertz CT molecular complexity index is 2340. The Kier molecular flexibility index (Phi) is 22.3. The third-order valence-electron chi connectivity index (χ3n) is 22.9. The number of allylic oxidation sites excluding steroid dienone is 1. The lowest BCUT2D eigenvalue weighted by Gasteiger charge is -2.67. The number of aliphatic hydroxyl groups is 19. The van der Waals surface area contributed by atoms with Gasteiger partial charge >= 0.3 is 0 Å². The molecule has 3 saturated carbocycles. The second kappa shape index (κ2) is 27.6. The standard InChI is InChI=1S/C60H102O29/c1-23(9-13-35(57(4,5)79)88-55-50(89-54-49(78)43(72)38(67)29(20-63)84-54)45(74)40(69)31(86-55)22-81-52-47(76)42(71)37(66)28(19-62)83-52)24-15-16-58(6)32-12-10-25-26(60(32,8)33(64)17-59(24,58)7)11-14-34(56(25,2)3)87-53-48(77)44(73)39(68)30(85-53)21-80-51-46(75)41(70)36(65)27(18-61)82-51/h10,23-24,26-55,61-79H,9,11-22H2,1-8H3/t23-,24-,26?,27-,28-,29-,30-,31-,32+,33-,34+,35-,36-,37-,38-,39-,40-,41+,42+,43+,44+,45+,46-,47-,48-,49-,50-,51-,52-,53+,54+,55+,58+,59-,60+/m1/s1. The minimum atomic E-state index is -1.96. The Labute approximate surface area is 517 Å². The van der Waals surface area contributed by atoms with Gasteiger partial charge in [0.2, 0.25) is 0 Å². The topological polar surface area (TPSA) is 477 Å². The van der Waals surface area contributed by atoms with E-state index < -0.39 is 227 Å². The average Bonchev–Trinajstić information content (AvgIpc) is 1.66. The fourth-order valence-corrected chi connectivity index (χ4v) is 17.0. The van der Waals surface area contributed by atoms with Crippen LogP contribution in [-0.2, 0) is 47.4 Å². The lowest BCUT2D eigenvalue weighted by Crippen LogP contribution is -2.65. The molecule has 0 aromatic heterocycles. The summed E-state index contributed by atoms with van der Waals surface area (Å²) in [5, 5.41) is 205. The van der Waals surface area contributed by atoms with Crippen molar-refractivity contribution >= 4 is 0 Å². The molecule has 5 aliphatic heterocycles. The fourth-order valence-electron chi connectivity index (χ4n) is 17.0. The van der Waals surface area contributed by atoms with Crippen LogP contribution in [-0.4, -0.2) is 308 Å². The summed E-state index contributed by atoms with van der Waals surface area (Å²) in [5.41, 5.74) is -2.49. The van der Waals surface area contributed by atoms with Crippen molar-refractivity contribution in [3.8, 4) is 0 Å². The van der Waals surface area contributed by atoms with E-state index in [0.717, 1.165) is 18.4 Å². The summed E-state index contributed by atoms with van der Waals surface area (Å²) in [5.74, 6) is -0.0172. The third-order valence-corrected chi connectivity index (χ3v) is 22.9. The number of hydrogen-bond acceptors (Lipinski definition) is 29. The van der Waals surface area contributed by atoms with Crippen molar-refractivity contribution in [3.05, 3.63) is 11.6 Å². The zero-order chi connectivity index (χ0) is 65.5. The number of hydrogen-bond donors (Lipinski definition) is 19. The van der Waals surface area contributed by atoms with Crippen molar-refractivity contribution in [2.24, 2.45) is 45.3 Å². The fraction of sp³-hybridized carbons (Fsp3) is 0.967. The minimum Gasteiger partial charge on any atom is -0.394 e. The van der Waals surface area contributed by atoms with Gasteiger partial charge in [0.1, 0.15) is 122 Å². The van der Waals surface area contributed by atoms with E-state index in [-0.39, 0.29) is 35.5 Å². The molecule has 4 aliphatic carbocycles. The van der Waals surface area contributed by atoms with Crippen LogP contribution in [0.1, 0.15) is 107 Å². The van der Waals surface area contributed by atoms with Gasteiger partial charge < -0.3 is 144 Å². The van der Waals surface area contributed by atoms with Crippen molar-refractivity contribution in [2.45, 2.75) is 284 Å². The molecule has 19 N–H and O–H groups in total. The maximum atomic E-state index is 12.8. The Morgan fingerprint density at radius 1 is 0.517 bits per heavy atom. The van der Waals surface area contributed by atoms with Gasteiger partial charge in [-0.1, -0.05) is 53.2 Å². The summed E-state index contributed by atoms with van der Waals surface area (Å²) in [6, 6.07) is 0. The van der Waals surface area contributed by atoms with Crippen molar-refractivity contribution in [1.82, 2.24) is 0 Å². The van der Waals surface area contributed by atoms with Crippen LogP contribution >= 0.6 is 0 Å². The Hall–Kier alpha value is -1.42. The summed E-state index contributed by atoms with van der Waals surface area (Å²) in [6.45, 7) is 12.6. The predicted octanol–water partition coefficient (Wildman–Crippen LogP) is -5.41. The molecule has 35 atom stereocenters. The molecule has 5 saturated heterocycles. The Morgan fingerprint density at radius 3 is 1.45 bits per heavy atom. The molecule has 8 fully saturated rings. The van der Waals surface area contributed by atoms with Gasteiger partial charge in [0, 0.05) is 10.8 Å². The normalized spacial score (nSPS) is 51.8. The summed E-state index contributed by atoms with van der Waals surface area (Å²) in [7, 11) is 0. The molecule has 29 heteroatoms. The molecule has 9 rings (SSSR count). The number of ether oxygens (including phenoxy) is 10. The van der Waals surface area contributed by atoms with Gasteiger partial charge in [-0.25, -0.2) is 0 Å².